The van der Waals surface area contributed by atoms with Gasteiger partial charge in [-0.3, -0.25) is 0 Å². The maximum atomic E-state index is 2.57. The molecule has 1 aliphatic heterocycles. The zero-order chi connectivity index (χ0) is 25.5. The monoisotopic (exact) mass is 497 g/mol. The summed E-state index contributed by atoms with van der Waals surface area (Å²) < 4.78 is 0. The van der Waals surface area contributed by atoms with E-state index in [0.29, 0.717) is 0 Å². The molecule has 5 aromatic carbocycles. The number of fused-ring (bicyclic) bond motifs is 8. The van der Waals surface area contributed by atoms with Crippen molar-refractivity contribution in [3.05, 3.63) is 102 Å². The number of hydrogen-bond acceptors (Lipinski definition) is 1. The van der Waals surface area contributed by atoms with Crippen LogP contribution < -0.4 is 10.1 Å². The minimum atomic E-state index is -1.32. The zero-order valence-corrected chi connectivity index (χ0v) is 23.7. The lowest BCUT2D eigenvalue weighted by Gasteiger charge is -2.33. The van der Waals surface area contributed by atoms with Crippen LogP contribution in [0.3, 0.4) is 0 Å². The van der Waals surface area contributed by atoms with Gasteiger partial charge < -0.3 is 4.90 Å². The molecule has 1 nitrogen and oxygen atoms in total. The summed E-state index contributed by atoms with van der Waals surface area (Å²) in [6.45, 7) is 13.2. The molecular weight excluding hydrogens is 462 g/mol. The van der Waals surface area contributed by atoms with Gasteiger partial charge in [0, 0.05) is 23.3 Å². The van der Waals surface area contributed by atoms with Crippen LogP contribution in [0, 0.1) is 0 Å². The van der Waals surface area contributed by atoms with E-state index in [1.165, 1.54) is 73.6 Å². The molecule has 7 rings (SSSR count). The van der Waals surface area contributed by atoms with E-state index in [1.54, 1.807) is 5.19 Å². The standard InChI is InChI=1S/C35H35NSi/c1-35(2)31-18-17-28-27-11-7-6-9-23(27)12-15-29(28)34(31)30-16-13-25(22-32(30)35)36-20-8-10-24-21-26(37(3,4)5)14-19-33(24)36/h6-7,9,11-19,21-22H,8,10,20H2,1-5H3. The molecule has 0 saturated carbocycles. The highest BCUT2D eigenvalue weighted by atomic mass is 28.3. The molecule has 1 aliphatic carbocycles. The first-order valence-electron chi connectivity index (χ1n) is 13.7. The van der Waals surface area contributed by atoms with Crippen LogP contribution in [0.5, 0.6) is 0 Å². The lowest BCUT2D eigenvalue weighted by Crippen LogP contribution is -2.38. The lowest BCUT2D eigenvalue weighted by molar-refractivity contribution is 0.660. The number of aryl methyl sites for hydroxylation is 1. The van der Waals surface area contributed by atoms with E-state index in [0.717, 1.165) is 6.54 Å². The first-order valence-corrected chi connectivity index (χ1v) is 17.2. The van der Waals surface area contributed by atoms with Crippen LogP contribution >= 0.6 is 0 Å². The Morgan fingerprint density at radius 3 is 2.38 bits per heavy atom. The Morgan fingerprint density at radius 1 is 0.730 bits per heavy atom. The molecule has 0 saturated heterocycles. The third-order valence-electron chi connectivity index (χ3n) is 8.92. The largest absolute Gasteiger partial charge is 0.341 e. The minimum Gasteiger partial charge on any atom is -0.341 e. The topological polar surface area (TPSA) is 3.24 Å². The average molecular weight is 498 g/mol. The Morgan fingerprint density at radius 2 is 1.54 bits per heavy atom. The van der Waals surface area contributed by atoms with Crippen LogP contribution in [0.2, 0.25) is 19.6 Å². The second kappa shape index (κ2) is 7.82. The van der Waals surface area contributed by atoms with Crippen LogP contribution in [-0.4, -0.2) is 14.6 Å². The maximum absolute atomic E-state index is 2.57. The maximum Gasteiger partial charge on any atom is 0.0776 e. The molecule has 0 amide bonds. The van der Waals surface area contributed by atoms with Gasteiger partial charge in [-0.15, -0.1) is 0 Å². The van der Waals surface area contributed by atoms with Crippen LogP contribution in [0.4, 0.5) is 11.4 Å². The molecule has 0 bridgehead atoms. The van der Waals surface area contributed by atoms with Crippen molar-refractivity contribution in [2.75, 3.05) is 11.4 Å². The summed E-state index contributed by atoms with van der Waals surface area (Å²) >= 11 is 0. The normalized spacial score (nSPS) is 16.1. The summed E-state index contributed by atoms with van der Waals surface area (Å²) in [6, 6.07) is 32.7. The van der Waals surface area contributed by atoms with Gasteiger partial charge in [-0.1, -0.05) is 105 Å². The van der Waals surface area contributed by atoms with E-state index in [-0.39, 0.29) is 5.41 Å². The summed E-state index contributed by atoms with van der Waals surface area (Å²) in [5.74, 6) is 0. The summed E-state index contributed by atoms with van der Waals surface area (Å²) in [7, 11) is -1.32. The molecule has 37 heavy (non-hydrogen) atoms. The van der Waals surface area contributed by atoms with Gasteiger partial charge in [0.25, 0.3) is 0 Å². The average Bonchev–Trinajstić information content (AvgIpc) is 3.13. The van der Waals surface area contributed by atoms with E-state index in [1.807, 2.05) is 0 Å². The summed E-state index contributed by atoms with van der Waals surface area (Å²) in [5, 5.41) is 6.95. The van der Waals surface area contributed by atoms with Gasteiger partial charge in [-0.2, -0.15) is 0 Å². The molecule has 2 aliphatic rings. The Kier molecular flexibility index (Phi) is 4.82. The Labute approximate surface area is 221 Å². The molecule has 184 valence electrons. The van der Waals surface area contributed by atoms with Crippen LogP contribution in [-0.2, 0) is 11.8 Å². The molecule has 0 fully saturated rings. The van der Waals surface area contributed by atoms with E-state index < -0.39 is 8.07 Å². The lowest BCUT2D eigenvalue weighted by atomic mass is 9.81. The van der Waals surface area contributed by atoms with Gasteiger partial charge in [-0.25, -0.2) is 0 Å². The predicted octanol–water partition coefficient (Wildman–Crippen LogP) is 8.93. The number of anilines is 2. The van der Waals surface area contributed by atoms with E-state index in [9.17, 15) is 0 Å². The van der Waals surface area contributed by atoms with Gasteiger partial charge in [0.15, 0.2) is 0 Å². The summed E-state index contributed by atoms with van der Waals surface area (Å²) in [5.41, 5.74) is 9.94. The molecule has 5 aromatic rings. The van der Waals surface area contributed by atoms with Crippen molar-refractivity contribution >= 4 is 46.2 Å². The van der Waals surface area contributed by atoms with Crippen LogP contribution in [0.15, 0.2) is 84.9 Å². The second-order valence-electron chi connectivity index (χ2n) is 12.6. The first kappa shape index (κ1) is 22.8. The van der Waals surface area contributed by atoms with Crippen LogP contribution in [0.1, 0.15) is 37.0 Å². The van der Waals surface area contributed by atoms with Crippen molar-refractivity contribution in [2.45, 2.75) is 51.7 Å². The molecule has 0 atom stereocenters. The third-order valence-corrected chi connectivity index (χ3v) is 11.0. The molecular formula is C35H35NSi. The Balaban J connectivity index is 1.38. The summed E-state index contributed by atoms with van der Waals surface area (Å²) in [4.78, 5) is 2.57. The first-order chi connectivity index (χ1) is 17.7. The molecule has 0 spiro atoms. The van der Waals surface area contributed by atoms with E-state index in [2.05, 4.69) is 123 Å². The number of benzene rings is 5. The number of hydrogen-bond donors (Lipinski definition) is 0. The minimum absolute atomic E-state index is 0.0270. The van der Waals surface area contributed by atoms with E-state index in [4.69, 9.17) is 0 Å². The van der Waals surface area contributed by atoms with E-state index >= 15 is 0 Å². The van der Waals surface area contributed by atoms with Crippen molar-refractivity contribution in [1.82, 2.24) is 0 Å². The molecule has 1 heterocycles. The number of nitrogens with zero attached hydrogens (tertiary/aromatic N) is 1. The number of rotatable bonds is 2. The Hall–Kier alpha value is -3.36. The highest BCUT2D eigenvalue weighted by Gasteiger charge is 2.37. The quantitative estimate of drug-likeness (QED) is 0.174. The zero-order valence-electron chi connectivity index (χ0n) is 22.7. The fourth-order valence-corrected chi connectivity index (χ4v) is 8.00. The van der Waals surface area contributed by atoms with Crippen molar-refractivity contribution < 1.29 is 0 Å². The predicted molar refractivity (Wildman–Crippen MR) is 164 cm³/mol. The van der Waals surface area contributed by atoms with Crippen molar-refractivity contribution in [3.8, 4) is 11.1 Å². The molecule has 0 N–H and O–H groups in total. The van der Waals surface area contributed by atoms with Crippen molar-refractivity contribution in [3.63, 3.8) is 0 Å². The molecule has 2 heteroatoms. The van der Waals surface area contributed by atoms with Gasteiger partial charge in [0.1, 0.15) is 0 Å². The van der Waals surface area contributed by atoms with Gasteiger partial charge in [0.2, 0.25) is 0 Å². The van der Waals surface area contributed by atoms with Gasteiger partial charge in [-0.05, 0) is 80.4 Å². The van der Waals surface area contributed by atoms with Gasteiger partial charge >= 0.3 is 0 Å². The fraction of sp³-hybridized carbons (Fsp3) is 0.257. The molecule has 0 unspecified atom stereocenters. The van der Waals surface area contributed by atoms with Crippen molar-refractivity contribution in [1.29, 1.82) is 0 Å². The van der Waals surface area contributed by atoms with Gasteiger partial charge in [0.05, 0.1) is 8.07 Å². The third kappa shape index (κ3) is 3.35. The van der Waals surface area contributed by atoms with Crippen molar-refractivity contribution in [2.24, 2.45) is 0 Å². The highest BCUT2D eigenvalue weighted by molar-refractivity contribution is 6.88. The second-order valence-corrected chi connectivity index (χ2v) is 17.7. The van der Waals surface area contributed by atoms with Crippen LogP contribution in [0.25, 0.3) is 32.7 Å². The summed E-state index contributed by atoms with van der Waals surface area (Å²) in [6.07, 6.45) is 2.40. The fourth-order valence-electron chi connectivity index (χ4n) is 6.81. The smallest absolute Gasteiger partial charge is 0.0776 e. The highest BCUT2D eigenvalue weighted by Crippen LogP contribution is 2.53. The Bertz CT molecular complexity index is 1720. The molecule has 0 aromatic heterocycles. The molecule has 0 radical (unpaired) electrons. The SMILES string of the molecule is CC1(C)c2cc(N3CCCc4cc([Si](C)(C)C)ccc43)ccc2-c2c1ccc1c2ccc2ccccc21.